The van der Waals surface area contributed by atoms with Gasteiger partial charge in [-0.25, -0.2) is 8.42 Å². The predicted octanol–water partition coefficient (Wildman–Crippen LogP) is 2.07. The molecule has 2 heterocycles. The number of nitro benzene ring substituents is 1. The van der Waals surface area contributed by atoms with Gasteiger partial charge in [-0.2, -0.15) is 4.31 Å². The van der Waals surface area contributed by atoms with Gasteiger partial charge in [0.1, 0.15) is 5.69 Å². The minimum atomic E-state index is -3.78. The predicted molar refractivity (Wildman–Crippen MR) is 98.3 cm³/mol. The molecule has 27 heavy (non-hydrogen) atoms. The molecule has 2 fully saturated rings. The molecule has 1 unspecified atom stereocenters. The number of piperidine rings is 1. The average molecular weight is 397 g/mol. The topological polar surface area (TPSA) is 121 Å². The molecule has 0 radical (unpaired) electrons. The molecule has 0 spiro atoms. The molecule has 10 heteroatoms. The number of nitrogens with zero attached hydrogens (tertiary/aromatic N) is 3. The van der Waals surface area contributed by atoms with Crippen LogP contribution in [0.25, 0.3) is 0 Å². The monoisotopic (exact) mass is 397 g/mol. The zero-order valence-corrected chi connectivity index (χ0v) is 15.9. The first-order valence-electron chi connectivity index (χ1n) is 8.92. The minimum absolute atomic E-state index is 0.0972. The third-order valence-electron chi connectivity index (χ3n) is 5.43. The minimum Gasteiger partial charge on any atom is -0.481 e. The Bertz CT molecular complexity index is 865. The lowest BCUT2D eigenvalue weighted by atomic mass is 9.90. The van der Waals surface area contributed by atoms with Gasteiger partial charge < -0.3 is 10.0 Å². The Balaban J connectivity index is 1.94. The van der Waals surface area contributed by atoms with Crippen LogP contribution in [-0.4, -0.2) is 54.9 Å². The molecule has 2 aliphatic rings. The molecule has 1 aromatic carbocycles. The van der Waals surface area contributed by atoms with Crippen molar-refractivity contribution >= 4 is 27.4 Å². The van der Waals surface area contributed by atoms with E-state index in [9.17, 15) is 28.4 Å². The van der Waals surface area contributed by atoms with Crippen LogP contribution in [0, 0.1) is 15.5 Å². The third-order valence-corrected chi connectivity index (χ3v) is 7.32. The van der Waals surface area contributed by atoms with Crippen molar-refractivity contribution in [2.75, 3.05) is 31.1 Å². The first-order valence-corrected chi connectivity index (χ1v) is 10.4. The molecular weight excluding hydrogens is 374 g/mol. The number of carbonyl (C=O) groups is 1. The highest BCUT2D eigenvalue weighted by atomic mass is 32.2. The highest BCUT2D eigenvalue weighted by molar-refractivity contribution is 7.89. The molecule has 0 aliphatic carbocycles. The van der Waals surface area contributed by atoms with E-state index in [4.69, 9.17) is 0 Å². The second-order valence-corrected chi connectivity index (χ2v) is 9.35. The molecule has 2 saturated heterocycles. The van der Waals surface area contributed by atoms with Gasteiger partial charge in [-0.3, -0.25) is 14.9 Å². The van der Waals surface area contributed by atoms with Crippen LogP contribution in [0.4, 0.5) is 11.4 Å². The summed E-state index contributed by atoms with van der Waals surface area (Å²) in [6.07, 6.45) is 2.90. The molecule has 0 bridgehead atoms. The molecule has 148 valence electrons. The quantitative estimate of drug-likeness (QED) is 0.596. The van der Waals surface area contributed by atoms with Crippen molar-refractivity contribution in [2.45, 2.75) is 37.5 Å². The molecule has 1 aromatic rings. The summed E-state index contributed by atoms with van der Waals surface area (Å²) in [4.78, 5) is 24.0. The van der Waals surface area contributed by atoms with E-state index >= 15 is 0 Å². The van der Waals surface area contributed by atoms with Crippen molar-refractivity contribution in [3.63, 3.8) is 0 Å². The fourth-order valence-corrected chi connectivity index (χ4v) is 5.21. The van der Waals surface area contributed by atoms with Crippen LogP contribution in [0.1, 0.15) is 32.6 Å². The largest absolute Gasteiger partial charge is 0.481 e. The summed E-state index contributed by atoms with van der Waals surface area (Å²) in [6.45, 7) is 2.95. The SMILES string of the molecule is CC1(C(=O)O)CCN(c2ccc(S(=O)(=O)N3CCCCC3)cc2[N+](=O)[O-])C1. The van der Waals surface area contributed by atoms with Crippen molar-refractivity contribution < 1.29 is 23.2 Å². The Morgan fingerprint density at radius 1 is 1.22 bits per heavy atom. The summed E-state index contributed by atoms with van der Waals surface area (Å²) in [5.41, 5.74) is -1.04. The first kappa shape index (κ1) is 19.6. The lowest BCUT2D eigenvalue weighted by Gasteiger charge is -2.26. The number of sulfonamides is 1. The summed E-state index contributed by atoms with van der Waals surface area (Å²) in [7, 11) is -3.78. The highest BCUT2D eigenvalue weighted by Crippen LogP contribution is 2.39. The Hall–Kier alpha value is -2.20. The lowest BCUT2D eigenvalue weighted by Crippen LogP contribution is -2.35. The van der Waals surface area contributed by atoms with Gasteiger partial charge in [0.05, 0.1) is 15.2 Å². The van der Waals surface area contributed by atoms with E-state index in [1.165, 1.54) is 16.4 Å². The summed E-state index contributed by atoms with van der Waals surface area (Å²) in [5.74, 6) is -0.947. The van der Waals surface area contributed by atoms with Crippen molar-refractivity contribution in [1.82, 2.24) is 4.31 Å². The van der Waals surface area contributed by atoms with Gasteiger partial charge >= 0.3 is 5.97 Å². The van der Waals surface area contributed by atoms with E-state index in [0.717, 1.165) is 25.3 Å². The lowest BCUT2D eigenvalue weighted by molar-refractivity contribution is -0.384. The molecule has 2 aliphatic heterocycles. The van der Waals surface area contributed by atoms with Gasteiger partial charge in [0.15, 0.2) is 0 Å². The second kappa shape index (κ2) is 7.08. The zero-order valence-electron chi connectivity index (χ0n) is 15.1. The van der Waals surface area contributed by atoms with Crippen molar-refractivity contribution in [3.8, 4) is 0 Å². The van der Waals surface area contributed by atoms with Gasteiger partial charge in [0.2, 0.25) is 10.0 Å². The standard InChI is InChI=1S/C17H23N3O6S/c1-17(16(21)22)7-10-18(12-17)14-6-5-13(11-15(14)20(23)24)27(25,26)19-8-3-2-4-9-19/h5-6,11H,2-4,7-10,12H2,1H3,(H,21,22). The van der Waals surface area contributed by atoms with Crippen LogP contribution in [-0.2, 0) is 14.8 Å². The van der Waals surface area contributed by atoms with E-state index in [-0.39, 0.29) is 22.8 Å². The Morgan fingerprint density at radius 3 is 2.44 bits per heavy atom. The number of carboxylic acids is 1. The molecule has 0 saturated carbocycles. The summed E-state index contributed by atoms with van der Waals surface area (Å²) in [5, 5.41) is 20.9. The first-order chi connectivity index (χ1) is 12.6. The maximum atomic E-state index is 12.8. The van der Waals surface area contributed by atoms with E-state index in [0.29, 0.717) is 26.1 Å². The van der Waals surface area contributed by atoms with Crippen LogP contribution < -0.4 is 4.90 Å². The van der Waals surface area contributed by atoms with Gasteiger partial charge in [0.25, 0.3) is 5.69 Å². The van der Waals surface area contributed by atoms with Crippen LogP contribution in [0.5, 0.6) is 0 Å². The number of rotatable bonds is 5. The molecule has 1 N–H and O–H groups in total. The Morgan fingerprint density at radius 2 is 1.89 bits per heavy atom. The van der Waals surface area contributed by atoms with Gasteiger partial charge in [-0.05, 0) is 38.3 Å². The number of aliphatic carboxylic acids is 1. The Labute approximate surface area is 157 Å². The highest BCUT2D eigenvalue weighted by Gasteiger charge is 2.42. The van der Waals surface area contributed by atoms with Crippen molar-refractivity contribution in [1.29, 1.82) is 0 Å². The summed E-state index contributed by atoms with van der Waals surface area (Å²) < 4.78 is 27.0. The van der Waals surface area contributed by atoms with E-state index in [2.05, 4.69) is 0 Å². The van der Waals surface area contributed by atoms with Crippen molar-refractivity contribution in [2.24, 2.45) is 5.41 Å². The number of carboxylic acid groups (broad SMARTS) is 1. The number of benzene rings is 1. The fourth-order valence-electron chi connectivity index (χ4n) is 3.67. The van der Waals surface area contributed by atoms with Gasteiger partial charge in [0, 0.05) is 32.2 Å². The zero-order chi connectivity index (χ0) is 19.8. The van der Waals surface area contributed by atoms with Crippen LogP contribution in [0.2, 0.25) is 0 Å². The molecule has 0 amide bonds. The molecule has 3 rings (SSSR count). The Kier molecular flexibility index (Phi) is 5.13. The maximum Gasteiger partial charge on any atom is 0.311 e. The van der Waals surface area contributed by atoms with Gasteiger partial charge in [-0.1, -0.05) is 6.42 Å². The number of nitro groups is 1. The number of anilines is 1. The smallest absolute Gasteiger partial charge is 0.311 e. The normalized spacial score (nSPS) is 24.1. The molecule has 0 aromatic heterocycles. The van der Waals surface area contributed by atoms with Crippen LogP contribution >= 0.6 is 0 Å². The fraction of sp³-hybridized carbons (Fsp3) is 0.588. The second-order valence-electron chi connectivity index (χ2n) is 7.41. The molecule has 1 atom stereocenters. The summed E-state index contributed by atoms with van der Waals surface area (Å²) in [6, 6.07) is 3.89. The van der Waals surface area contributed by atoms with Crippen LogP contribution in [0.3, 0.4) is 0 Å². The van der Waals surface area contributed by atoms with Crippen molar-refractivity contribution in [3.05, 3.63) is 28.3 Å². The average Bonchev–Trinajstić information content (AvgIpc) is 3.05. The van der Waals surface area contributed by atoms with E-state index in [1.54, 1.807) is 11.8 Å². The molecule has 9 nitrogen and oxygen atoms in total. The molecular formula is C17H23N3O6S. The van der Waals surface area contributed by atoms with E-state index in [1.807, 2.05) is 0 Å². The summed E-state index contributed by atoms with van der Waals surface area (Å²) >= 11 is 0. The van der Waals surface area contributed by atoms with E-state index < -0.39 is 26.3 Å². The van der Waals surface area contributed by atoms with Crippen LogP contribution in [0.15, 0.2) is 23.1 Å². The number of hydrogen-bond donors (Lipinski definition) is 1. The maximum absolute atomic E-state index is 12.8. The number of hydrogen-bond acceptors (Lipinski definition) is 6. The third kappa shape index (κ3) is 3.63. The van der Waals surface area contributed by atoms with Gasteiger partial charge in [-0.15, -0.1) is 0 Å².